The molecule has 0 radical (unpaired) electrons. The summed E-state index contributed by atoms with van der Waals surface area (Å²) in [5, 5.41) is 4.19. The lowest BCUT2D eigenvalue weighted by atomic mass is 10.1. The first-order chi connectivity index (χ1) is 9.20. The van der Waals surface area contributed by atoms with Gasteiger partial charge in [0.2, 0.25) is 0 Å². The Labute approximate surface area is 114 Å². The van der Waals surface area contributed by atoms with E-state index in [-0.39, 0.29) is 6.10 Å². The van der Waals surface area contributed by atoms with Crippen molar-refractivity contribution in [2.24, 2.45) is 0 Å². The number of likely N-dealkylation sites (tertiary alicyclic amines) is 1. The van der Waals surface area contributed by atoms with Crippen molar-refractivity contribution in [3.63, 3.8) is 0 Å². The first-order valence-corrected chi connectivity index (χ1v) is 7.00. The average Bonchev–Trinajstić information content (AvgIpc) is 2.84. The number of ether oxygens (including phenoxy) is 1. The third-order valence-corrected chi connectivity index (χ3v) is 3.84. The Bertz CT molecular complexity index is 553. The number of hydrogen-bond acceptors (Lipinski definition) is 3. The summed E-state index contributed by atoms with van der Waals surface area (Å²) in [7, 11) is 0. The second-order valence-electron chi connectivity index (χ2n) is 4.64. The normalized spacial score (nSPS) is 16.3. The third-order valence-electron chi connectivity index (χ3n) is 3.10. The minimum Gasteiger partial charge on any atom is -0.488 e. The molecule has 0 spiro atoms. The van der Waals surface area contributed by atoms with Crippen molar-refractivity contribution >= 4 is 11.3 Å². The highest BCUT2D eigenvalue weighted by molar-refractivity contribution is 7.07. The molecule has 5 heteroatoms. The summed E-state index contributed by atoms with van der Waals surface area (Å²) in [6, 6.07) is 5.75. The van der Waals surface area contributed by atoms with Gasteiger partial charge in [0.1, 0.15) is 11.9 Å². The van der Waals surface area contributed by atoms with Gasteiger partial charge in [0, 0.05) is 25.7 Å². The van der Waals surface area contributed by atoms with E-state index in [2.05, 4.69) is 21.7 Å². The van der Waals surface area contributed by atoms with Crippen LogP contribution in [-0.2, 0) is 6.54 Å². The summed E-state index contributed by atoms with van der Waals surface area (Å²) >= 11 is 1.69. The molecule has 3 rings (SSSR count). The van der Waals surface area contributed by atoms with Crippen molar-refractivity contribution < 1.29 is 13.5 Å². The van der Waals surface area contributed by atoms with Crippen molar-refractivity contribution in [1.29, 1.82) is 0 Å². The van der Waals surface area contributed by atoms with Crippen LogP contribution in [0, 0.1) is 11.6 Å². The van der Waals surface area contributed by atoms with Crippen LogP contribution in [0.5, 0.6) is 5.75 Å². The zero-order valence-electron chi connectivity index (χ0n) is 10.2. The van der Waals surface area contributed by atoms with Gasteiger partial charge in [-0.15, -0.1) is 0 Å². The SMILES string of the molecule is Fc1ccc(OC2CN(Cc3ccsc3)C2)cc1F. The van der Waals surface area contributed by atoms with Crippen molar-refractivity contribution in [2.45, 2.75) is 12.6 Å². The number of halogens is 2. The van der Waals surface area contributed by atoms with Crippen molar-refractivity contribution in [1.82, 2.24) is 4.90 Å². The number of benzene rings is 1. The fraction of sp³-hybridized carbons (Fsp3) is 0.286. The zero-order chi connectivity index (χ0) is 13.2. The van der Waals surface area contributed by atoms with Crippen LogP contribution in [0.4, 0.5) is 8.78 Å². The van der Waals surface area contributed by atoms with E-state index in [4.69, 9.17) is 4.74 Å². The van der Waals surface area contributed by atoms with E-state index in [1.165, 1.54) is 11.6 Å². The molecule has 1 aromatic carbocycles. The van der Waals surface area contributed by atoms with E-state index < -0.39 is 11.6 Å². The van der Waals surface area contributed by atoms with Crippen LogP contribution in [0.25, 0.3) is 0 Å². The summed E-state index contributed by atoms with van der Waals surface area (Å²) in [5.74, 6) is -1.33. The van der Waals surface area contributed by atoms with Crippen LogP contribution in [0.15, 0.2) is 35.0 Å². The number of hydrogen-bond donors (Lipinski definition) is 0. The standard InChI is InChI=1S/C14H13F2NOS/c15-13-2-1-11(5-14(13)16)18-12-7-17(8-12)6-10-3-4-19-9-10/h1-5,9,12H,6-8H2. The van der Waals surface area contributed by atoms with E-state index >= 15 is 0 Å². The molecule has 0 unspecified atom stereocenters. The Morgan fingerprint density at radius 3 is 2.74 bits per heavy atom. The second-order valence-corrected chi connectivity index (χ2v) is 5.42. The molecule has 1 fully saturated rings. The summed E-state index contributed by atoms with van der Waals surface area (Å²) in [6.45, 7) is 2.55. The van der Waals surface area contributed by atoms with Gasteiger partial charge in [-0.2, -0.15) is 11.3 Å². The zero-order valence-corrected chi connectivity index (χ0v) is 11.0. The lowest BCUT2D eigenvalue weighted by Gasteiger charge is -2.38. The Kier molecular flexibility index (Phi) is 3.48. The van der Waals surface area contributed by atoms with E-state index in [0.29, 0.717) is 5.75 Å². The molecule has 2 heterocycles. The maximum Gasteiger partial charge on any atom is 0.162 e. The van der Waals surface area contributed by atoms with Crippen LogP contribution >= 0.6 is 11.3 Å². The molecule has 1 aliphatic rings. The van der Waals surface area contributed by atoms with Crippen LogP contribution in [0.2, 0.25) is 0 Å². The highest BCUT2D eigenvalue weighted by atomic mass is 32.1. The monoisotopic (exact) mass is 281 g/mol. The molecule has 0 saturated carbocycles. The molecule has 19 heavy (non-hydrogen) atoms. The number of thiophene rings is 1. The van der Waals surface area contributed by atoms with Gasteiger partial charge in [0.15, 0.2) is 11.6 Å². The quantitative estimate of drug-likeness (QED) is 0.852. The molecule has 0 atom stereocenters. The van der Waals surface area contributed by atoms with Crippen LogP contribution in [0.3, 0.4) is 0 Å². The summed E-state index contributed by atoms with van der Waals surface area (Å²) in [4.78, 5) is 2.26. The van der Waals surface area contributed by atoms with E-state index in [0.717, 1.165) is 31.8 Å². The van der Waals surface area contributed by atoms with Gasteiger partial charge in [0.25, 0.3) is 0 Å². The third kappa shape index (κ3) is 2.93. The molecule has 0 N–H and O–H groups in total. The van der Waals surface area contributed by atoms with E-state index in [1.807, 2.05) is 0 Å². The van der Waals surface area contributed by atoms with E-state index in [9.17, 15) is 8.78 Å². The highest BCUT2D eigenvalue weighted by Gasteiger charge is 2.28. The maximum absolute atomic E-state index is 13.0. The molecule has 0 bridgehead atoms. The Hall–Kier alpha value is -1.46. The first-order valence-electron chi connectivity index (χ1n) is 6.06. The highest BCUT2D eigenvalue weighted by Crippen LogP contribution is 2.22. The van der Waals surface area contributed by atoms with Gasteiger partial charge in [-0.05, 0) is 34.5 Å². The van der Waals surface area contributed by atoms with Gasteiger partial charge in [0.05, 0.1) is 0 Å². The minimum absolute atomic E-state index is 0.0588. The molecule has 1 aromatic heterocycles. The van der Waals surface area contributed by atoms with E-state index in [1.54, 1.807) is 11.3 Å². The lowest BCUT2D eigenvalue weighted by Crippen LogP contribution is -2.53. The van der Waals surface area contributed by atoms with Crippen molar-refractivity contribution in [3.05, 3.63) is 52.2 Å². The molecule has 2 nitrogen and oxygen atoms in total. The molecular weight excluding hydrogens is 268 g/mol. The maximum atomic E-state index is 13.0. The topological polar surface area (TPSA) is 12.5 Å². The van der Waals surface area contributed by atoms with Crippen molar-refractivity contribution in [2.75, 3.05) is 13.1 Å². The smallest absolute Gasteiger partial charge is 0.162 e. The van der Waals surface area contributed by atoms with Crippen LogP contribution in [-0.4, -0.2) is 24.1 Å². The van der Waals surface area contributed by atoms with Gasteiger partial charge >= 0.3 is 0 Å². The molecule has 1 aliphatic heterocycles. The van der Waals surface area contributed by atoms with Crippen LogP contribution in [0.1, 0.15) is 5.56 Å². The molecule has 100 valence electrons. The van der Waals surface area contributed by atoms with Crippen LogP contribution < -0.4 is 4.74 Å². The predicted molar refractivity (Wildman–Crippen MR) is 70.4 cm³/mol. The Balaban J connectivity index is 1.49. The molecule has 0 aliphatic carbocycles. The van der Waals surface area contributed by atoms with Gasteiger partial charge in [-0.25, -0.2) is 8.78 Å². The van der Waals surface area contributed by atoms with Gasteiger partial charge < -0.3 is 4.74 Å². The largest absolute Gasteiger partial charge is 0.488 e. The molecule has 2 aromatic rings. The predicted octanol–water partition coefficient (Wildman–Crippen LogP) is 3.29. The molecule has 0 amide bonds. The second kappa shape index (κ2) is 5.27. The Morgan fingerprint density at radius 1 is 1.21 bits per heavy atom. The summed E-state index contributed by atoms with van der Waals surface area (Å²) in [5.41, 5.74) is 1.30. The Morgan fingerprint density at radius 2 is 2.05 bits per heavy atom. The number of nitrogens with zero attached hydrogens (tertiary/aromatic N) is 1. The minimum atomic E-state index is -0.869. The molecular formula is C14H13F2NOS. The fourth-order valence-corrected chi connectivity index (χ4v) is 2.77. The number of rotatable bonds is 4. The fourth-order valence-electron chi connectivity index (χ4n) is 2.11. The van der Waals surface area contributed by atoms with Gasteiger partial charge in [-0.1, -0.05) is 0 Å². The summed E-state index contributed by atoms with van der Waals surface area (Å²) in [6.07, 6.45) is 0.0588. The average molecular weight is 281 g/mol. The van der Waals surface area contributed by atoms with Gasteiger partial charge in [-0.3, -0.25) is 4.90 Å². The first kappa shape index (κ1) is 12.6. The van der Waals surface area contributed by atoms with Crippen molar-refractivity contribution in [3.8, 4) is 5.75 Å². The lowest BCUT2D eigenvalue weighted by molar-refractivity contribution is 0.0144. The molecule has 1 saturated heterocycles. The summed E-state index contributed by atoms with van der Waals surface area (Å²) < 4.78 is 31.4.